The number of nitrogens with zero attached hydrogens (tertiary/aromatic N) is 3. The number of amides is 1. The van der Waals surface area contributed by atoms with Crippen LogP contribution in [0.2, 0.25) is 0 Å². The molecular formula is C22H24FN3O2. The largest absolute Gasteiger partial charge is 0.497 e. The van der Waals surface area contributed by atoms with Crippen LogP contribution in [0.1, 0.15) is 36.4 Å². The number of carbonyl (C=O) groups is 1. The summed E-state index contributed by atoms with van der Waals surface area (Å²) < 4.78 is 19.9. The lowest BCUT2D eigenvalue weighted by molar-refractivity contribution is -0.137. The van der Waals surface area contributed by atoms with Crippen molar-refractivity contribution in [3.05, 3.63) is 59.7 Å². The number of ether oxygens (including phenoxy) is 1. The highest BCUT2D eigenvalue weighted by Gasteiger charge is 2.65. The number of pyridine rings is 1. The molecule has 146 valence electrons. The molecule has 3 saturated heterocycles. The minimum absolute atomic E-state index is 0.0390. The van der Waals surface area contributed by atoms with E-state index in [9.17, 15) is 9.18 Å². The number of rotatable bonds is 4. The van der Waals surface area contributed by atoms with Crippen molar-refractivity contribution in [2.45, 2.75) is 37.4 Å². The van der Waals surface area contributed by atoms with Crippen LogP contribution in [0.5, 0.6) is 5.75 Å². The minimum Gasteiger partial charge on any atom is -0.497 e. The van der Waals surface area contributed by atoms with Crippen LogP contribution in [-0.4, -0.2) is 46.4 Å². The SMILES string of the molecule is COc1ccc([C@@H]2C[C@H]3CN(Cc4cccnc4)C(=O)[C@]34CCCN24)c(F)c1. The number of hydrogen-bond donors (Lipinski definition) is 0. The molecule has 3 fully saturated rings. The van der Waals surface area contributed by atoms with Crippen molar-refractivity contribution < 1.29 is 13.9 Å². The molecule has 6 heteroatoms. The molecule has 0 aliphatic carbocycles. The van der Waals surface area contributed by atoms with E-state index in [0.29, 0.717) is 17.9 Å². The van der Waals surface area contributed by atoms with Crippen LogP contribution >= 0.6 is 0 Å². The van der Waals surface area contributed by atoms with Crippen molar-refractivity contribution >= 4 is 5.91 Å². The third-order valence-electron chi connectivity index (χ3n) is 6.79. The van der Waals surface area contributed by atoms with E-state index in [-0.39, 0.29) is 23.7 Å². The highest BCUT2D eigenvalue weighted by Crippen LogP contribution is 2.56. The van der Waals surface area contributed by atoms with Crippen molar-refractivity contribution in [3.8, 4) is 5.75 Å². The van der Waals surface area contributed by atoms with E-state index in [1.165, 1.54) is 6.07 Å². The molecule has 0 saturated carbocycles. The fourth-order valence-corrected chi connectivity index (χ4v) is 5.63. The van der Waals surface area contributed by atoms with Gasteiger partial charge in [-0.25, -0.2) is 4.39 Å². The Labute approximate surface area is 164 Å². The first-order chi connectivity index (χ1) is 13.6. The lowest BCUT2D eigenvalue weighted by atomic mass is 9.85. The zero-order valence-electron chi connectivity index (χ0n) is 16.0. The van der Waals surface area contributed by atoms with Gasteiger partial charge >= 0.3 is 0 Å². The molecule has 5 nitrogen and oxygen atoms in total. The Morgan fingerprint density at radius 2 is 2.25 bits per heavy atom. The number of carbonyl (C=O) groups excluding carboxylic acids is 1. The summed E-state index contributed by atoms with van der Waals surface area (Å²) in [7, 11) is 1.54. The molecule has 5 rings (SSSR count). The number of benzene rings is 1. The topological polar surface area (TPSA) is 45.7 Å². The smallest absolute Gasteiger partial charge is 0.243 e. The summed E-state index contributed by atoms with van der Waals surface area (Å²) in [5.41, 5.74) is 1.27. The van der Waals surface area contributed by atoms with Crippen LogP contribution in [0, 0.1) is 11.7 Å². The molecule has 1 aromatic heterocycles. The molecule has 4 heterocycles. The Morgan fingerprint density at radius 1 is 1.36 bits per heavy atom. The molecular weight excluding hydrogens is 357 g/mol. The van der Waals surface area contributed by atoms with Crippen molar-refractivity contribution in [2.75, 3.05) is 20.2 Å². The maximum Gasteiger partial charge on any atom is 0.243 e. The summed E-state index contributed by atoms with van der Waals surface area (Å²) in [5.74, 6) is 0.723. The maximum absolute atomic E-state index is 14.8. The van der Waals surface area contributed by atoms with E-state index in [0.717, 1.165) is 37.9 Å². The van der Waals surface area contributed by atoms with Crippen molar-refractivity contribution in [1.29, 1.82) is 0 Å². The normalized spacial score (nSPS) is 29.2. The number of aromatic nitrogens is 1. The lowest BCUT2D eigenvalue weighted by Gasteiger charge is -2.33. The van der Waals surface area contributed by atoms with E-state index in [2.05, 4.69) is 9.88 Å². The second-order valence-corrected chi connectivity index (χ2v) is 8.10. The second kappa shape index (κ2) is 6.55. The molecule has 28 heavy (non-hydrogen) atoms. The first kappa shape index (κ1) is 17.6. The Morgan fingerprint density at radius 3 is 3.00 bits per heavy atom. The first-order valence-corrected chi connectivity index (χ1v) is 9.92. The third kappa shape index (κ3) is 2.47. The van der Waals surface area contributed by atoms with Crippen LogP contribution in [0.25, 0.3) is 0 Å². The predicted octanol–water partition coefficient (Wildman–Crippen LogP) is 3.17. The van der Waals surface area contributed by atoms with Crippen molar-refractivity contribution in [3.63, 3.8) is 0 Å². The molecule has 0 unspecified atom stereocenters. The highest BCUT2D eigenvalue weighted by molar-refractivity contribution is 5.90. The van der Waals surface area contributed by atoms with E-state index in [1.54, 1.807) is 13.3 Å². The summed E-state index contributed by atoms with van der Waals surface area (Å²) in [6.07, 6.45) is 6.24. The molecule has 1 aromatic carbocycles. The summed E-state index contributed by atoms with van der Waals surface area (Å²) in [6, 6.07) is 8.95. The highest BCUT2D eigenvalue weighted by atomic mass is 19.1. The number of hydrogen-bond acceptors (Lipinski definition) is 4. The predicted molar refractivity (Wildman–Crippen MR) is 102 cm³/mol. The van der Waals surface area contributed by atoms with Gasteiger partial charge in [0, 0.05) is 49.1 Å². The van der Waals surface area contributed by atoms with Gasteiger partial charge in [0.1, 0.15) is 17.1 Å². The van der Waals surface area contributed by atoms with Gasteiger partial charge in [-0.05, 0) is 43.5 Å². The van der Waals surface area contributed by atoms with E-state index in [1.807, 2.05) is 35.4 Å². The van der Waals surface area contributed by atoms with Crippen LogP contribution in [0.15, 0.2) is 42.7 Å². The molecule has 3 aliphatic heterocycles. The lowest BCUT2D eigenvalue weighted by Crippen LogP contribution is -2.49. The Kier molecular flexibility index (Phi) is 4.12. The number of likely N-dealkylation sites (tertiary alicyclic amines) is 1. The van der Waals surface area contributed by atoms with Crippen LogP contribution < -0.4 is 4.74 Å². The van der Waals surface area contributed by atoms with Crippen molar-refractivity contribution in [2.24, 2.45) is 5.92 Å². The summed E-state index contributed by atoms with van der Waals surface area (Å²) >= 11 is 0. The van der Waals surface area contributed by atoms with Gasteiger partial charge < -0.3 is 9.64 Å². The van der Waals surface area contributed by atoms with Gasteiger partial charge in [-0.2, -0.15) is 0 Å². The van der Waals surface area contributed by atoms with Gasteiger partial charge in [-0.3, -0.25) is 14.7 Å². The zero-order chi connectivity index (χ0) is 19.3. The van der Waals surface area contributed by atoms with E-state index in [4.69, 9.17) is 4.74 Å². The average molecular weight is 381 g/mol. The Balaban J connectivity index is 1.43. The van der Waals surface area contributed by atoms with Gasteiger partial charge in [-0.15, -0.1) is 0 Å². The fraction of sp³-hybridized carbons (Fsp3) is 0.455. The molecule has 3 aliphatic rings. The van der Waals surface area contributed by atoms with Gasteiger partial charge in [0.25, 0.3) is 0 Å². The summed E-state index contributed by atoms with van der Waals surface area (Å²) in [6.45, 7) is 2.18. The fourth-order valence-electron chi connectivity index (χ4n) is 5.63. The van der Waals surface area contributed by atoms with Crippen molar-refractivity contribution in [1.82, 2.24) is 14.8 Å². The van der Waals surface area contributed by atoms with Crippen LogP contribution in [0.4, 0.5) is 4.39 Å². The summed E-state index contributed by atoms with van der Waals surface area (Å²) in [5, 5.41) is 0. The van der Waals surface area contributed by atoms with E-state index >= 15 is 0 Å². The zero-order valence-corrected chi connectivity index (χ0v) is 16.0. The van der Waals surface area contributed by atoms with Crippen LogP contribution in [0.3, 0.4) is 0 Å². The Hall–Kier alpha value is -2.47. The van der Waals surface area contributed by atoms with Gasteiger partial charge in [0.15, 0.2) is 0 Å². The first-order valence-electron chi connectivity index (χ1n) is 9.92. The monoisotopic (exact) mass is 381 g/mol. The molecule has 0 N–H and O–H groups in total. The summed E-state index contributed by atoms with van der Waals surface area (Å²) in [4.78, 5) is 21.9. The second-order valence-electron chi connectivity index (χ2n) is 8.10. The van der Waals surface area contributed by atoms with Gasteiger partial charge in [0.05, 0.1) is 7.11 Å². The standard InChI is InChI=1S/C22H24FN3O2/c1-28-17-5-6-18(19(23)11-17)20-10-16-14-25(13-15-4-2-8-24-12-15)21(27)22(16)7-3-9-26(20)22/h2,4-6,8,11-12,16,20H,3,7,9-10,13-14H2,1H3/t16-,20-,22-/m0/s1. The average Bonchev–Trinajstić information content (AvgIpc) is 3.34. The number of halogens is 1. The molecule has 0 bridgehead atoms. The van der Waals surface area contributed by atoms with Crippen LogP contribution in [-0.2, 0) is 11.3 Å². The Bertz CT molecular complexity index is 906. The molecule has 1 amide bonds. The van der Waals surface area contributed by atoms with Gasteiger partial charge in [-0.1, -0.05) is 12.1 Å². The molecule has 3 atom stereocenters. The molecule has 1 spiro atoms. The number of methoxy groups -OCH3 is 1. The third-order valence-corrected chi connectivity index (χ3v) is 6.79. The van der Waals surface area contributed by atoms with Gasteiger partial charge in [0.2, 0.25) is 5.91 Å². The molecule has 2 aromatic rings. The minimum atomic E-state index is -0.459. The maximum atomic E-state index is 14.8. The molecule has 0 radical (unpaired) electrons. The quantitative estimate of drug-likeness (QED) is 0.816. The van der Waals surface area contributed by atoms with E-state index < -0.39 is 5.54 Å².